The first kappa shape index (κ1) is 10.1. The zero-order valence-corrected chi connectivity index (χ0v) is 7.04. The third kappa shape index (κ3) is 3.10. The fourth-order valence-electron chi connectivity index (χ4n) is 1.01. The maximum atomic E-state index is 11.9. The molecule has 0 aliphatic rings. The van der Waals surface area contributed by atoms with Crippen molar-refractivity contribution in [2.45, 2.75) is 25.7 Å². The number of halogens is 3. The van der Waals surface area contributed by atoms with E-state index in [4.69, 9.17) is 5.11 Å². The van der Waals surface area contributed by atoms with Crippen LogP contribution in [-0.4, -0.2) is 15.8 Å². The largest absolute Gasteiger partial charge is 0.406 e. The van der Waals surface area contributed by atoms with Crippen LogP contribution < -0.4 is 0 Å². The van der Waals surface area contributed by atoms with Crippen LogP contribution in [-0.2, 0) is 6.54 Å². The van der Waals surface area contributed by atoms with Gasteiger partial charge in [0.1, 0.15) is 6.54 Å². The molecule has 1 atom stereocenters. The molecule has 0 aromatic carbocycles. The van der Waals surface area contributed by atoms with Crippen LogP contribution in [0.15, 0.2) is 18.5 Å². The molecule has 1 aromatic heterocycles. The molecule has 1 N–H and O–H groups in total. The van der Waals surface area contributed by atoms with Gasteiger partial charge in [-0.25, -0.2) is 0 Å². The highest BCUT2D eigenvalue weighted by Gasteiger charge is 2.27. The average Bonchev–Trinajstić information content (AvgIpc) is 2.31. The number of aromatic nitrogens is 1. The summed E-state index contributed by atoms with van der Waals surface area (Å²) in [6, 6.07) is 1.47. The molecule has 0 aliphatic carbocycles. The Balaban J connectivity index is 2.70. The molecule has 2 nitrogen and oxygen atoms in total. The van der Waals surface area contributed by atoms with E-state index in [1.54, 1.807) is 0 Å². The van der Waals surface area contributed by atoms with E-state index in [1.165, 1.54) is 25.4 Å². The van der Waals surface area contributed by atoms with Crippen molar-refractivity contribution < 1.29 is 18.3 Å². The van der Waals surface area contributed by atoms with Crippen LogP contribution in [0, 0.1) is 0 Å². The van der Waals surface area contributed by atoms with Gasteiger partial charge in [0.15, 0.2) is 0 Å². The molecule has 1 aromatic rings. The number of hydrogen-bond acceptors (Lipinski definition) is 1. The predicted octanol–water partition coefficient (Wildman–Crippen LogP) is 2.10. The van der Waals surface area contributed by atoms with Gasteiger partial charge in [-0.2, -0.15) is 13.2 Å². The van der Waals surface area contributed by atoms with Crippen LogP contribution in [0.5, 0.6) is 0 Å². The predicted molar refractivity (Wildman–Crippen MR) is 41.1 cm³/mol. The van der Waals surface area contributed by atoms with E-state index in [1.807, 2.05) is 0 Å². The second-order valence-corrected chi connectivity index (χ2v) is 2.91. The summed E-state index contributed by atoms with van der Waals surface area (Å²) in [5.41, 5.74) is 0.490. The molecule has 1 rings (SSSR count). The minimum Gasteiger partial charge on any atom is -0.389 e. The number of alkyl halides is 3. The number of hydrogen-bond donors (Lipinski definition) is 1. The molecule has 0 fully saturated rings. The van der Waals surface area contributed by atoms with E-state index in [2.05, 4.69) is 0 Å². The zero-order chi connectivity index (χ0) is 10.1. The minimum absolute atomic E-state index is 0.490. The summed E-state index contributed by atoms with van der Waals surface area (Å²) in [5, 5.41) is 9.04. The van der Waals surface area contributed by atoms with E-state index in [0.29, 0.717) is 5.56 Å². The summed E-state index contributed by atoms with van der Waals surface area (Å²) in [5.74, 6) is 0. The highest BCUT2D eigenvalue weighted by Crippen LogP contribution is 2.19. The summed E-state index contributed by atoms with van der Waals surface area (Å²) in [4.78, 5) is 0. The summed E-state index contributed by atoms with van der Waals surface area (Å²) in [6.07, 6.45) is -2.35. The van der Waals surface area contributed by atoms with Gasteiger partial charge >= 0.3 is 6.18 Å². The van der Waals surface area contributed by atoms with Crippen LogP contribution >= 0.6 is 0 Å². The Morgan fingerprint density at radius 1 is 1.54 bits per heavy atom. The Bertz CT molecular complexity index is 277. The van der Waals surface area contributed by atoms with Gasteiger partial charge in [0, 0.05) is 12.4 Å². The molecule has 0 bridgehead atoms. The van der Waals surface area contributed by atoms with Crippen molar-refractivity contribution in [2.24, 2.45) is 0 Å². The van der Waals surface area contributed by atoms with E-state index in [-0.39, 0.29) is 0 Å². The summed E-state index contributed by atoms with van der Waals surface area (Å²) in [6.45, 7) is 0.493. The number of rotatable bonds is 2. The first-order valence-electron chi connectivity index (χ1n) is 3.79. The lowest BCUT2D eigenvalue weighted by Crippen LogP contribution is -2.16. The van der Waals surface area contributed by atoms with Gasteiger partial charge in [-0.1, -0.05) is 0 Å². The quantitative estimate of drug-likeness (QED) is 0.764. The average molecular weight is 193 g/mol. The molecule has 0 aliphatic heterocycles. The van der Waals surface area contributed by atoms with Gasteiger partial charge in [-0.3, -0.25) is 0 Å². The second-order valence-electron chi connectivity index (χ2n) is 2.91. The van der Waals surface area contributed by atoms with Gasteiger partial charge in [-0.05, 0) is 18.6 Å². The smallest absolute Gasteiger partial charge is 0.389 e. The summed E-state index contributed by atoms with van der Waals surface area (Å²) in [7, 11) is 0. The van der Waals surface area contributed by atoms with Crippen molar-refractivity contribution >= 4 is 0 Å². The minimum atomic E-state index is -4.21. The molecule has 1 heterocycles. The van der Waals surface area contributed by atoms with Crippen molar-refractivity contribution in [2.75, 3.05) is 0 Å². The second kappa shape index (κ2) is 3.41. The van der Waals surface area contributed by atoms with Gasteiger partial charge in [0.2, 0.25) is 0 Å². The van der Waals surface area contributed by atoms with Gasteiger partial charge in [-0.15, -0.1) is 0 Å². The van der Waals surface area contributed by atoms with Crippen molar-refractivity contribution in [1.82, 2.24) is 4.57 Å². The van der Waals surface area contributed by atoms with Crippen LogP contribution in [0.3, 0.4) is 0 Å². The molecule has 5 heteroatoms. The molecular weight excluding hydrogens is 183 g/mol. The van der Waals surface area contributed by atoms with E-state index in [9.17, 15) is 13.2 Å². The van der Waals surface area contributed by atoms with Crippen molar-refractivity contribution in [3.63, 3.8) is 0 Å². The van der Waals surface area contributed by atoms with Crippen molar-refractivity contribution in [3.8, 4) is 0 Å². The third-order valence-electron chi connectivity index (χ3n) is 1.62. The maximum Gasteiger partial charge on any atom is 0.406 e. The fraction of sp³-hybridized carbons (Fsp3) is 0.500. The first-order valence-corrected chi connectivity index (χ1v) is 3.79. The normalized spacial score (nSPS) is 14.5. The van der Waals surface area contributed by atoms with E-state index >= 15 is 0 Å². The fourth-order valence-corrected chi connectivity index (χ4v) is 1.01. The summed E-state index contributed by atoms with van der Waals surface area (Å²) >= 11 is 0. The number of aliphatic hydroxyl groups is 1. The molecule has 0 spiro atoms. The lowest BCUT2D eigenvalue weighted by atomic mass is 10.2. The third-order valence-corrected chi connectivity index (χ3v) is 1.62. The van der Waals surface area contributed by atoms with Crippen LogP contribution in [0.25, 0.3) is 0 Å². The Morgan fingerprint density at radius 2 is 2.15 bits per heavy atom. The topological polar surface area (TPSA) is 25.2 Å². The molecule has 74 valence electrons. The van der Waals surface area contributed by atoms with Gasteiger partial charge in [0.25, 0.3) is 0 Å². The van der Waals surface area contributed by atoms with E-state index < -0.39 is 18.8 Å². The van der Waals surface area contributed by atoms with Crippen LogP contribution in [0.2, 0.25) is 0 Å². The highest BCUT2D eigenvalue weighted by atomic mass is 19.4. The maximum absolute atomic E-state index is 11.9. The number of nitrogens with zero attached hydrogens (tertiary/aromatic N) is 1. The highest BCUT2D eigenvalue weighted by molar-refractivity contribution is 5.12. The Hall–Kier alpha value is -0.970. The number of aliphatic hydroxyl groups excluding tert-OH is 1. The SMILES string of the molecule is CC(O)c1ccn(CC(F)(F)F)c1. The monoisotopic (exact) mass is 193 g/mol. The molecule has 0 amide bonds. The lowest BCUT2D eigenvalue weighted by Gasteiger charge is -2.06. The van der Waals surface area contributed by atoms with Gasteiger partial charge in [0.05, 0.1) is 6.10 Å². The summed E-state index contributed by atoms with van der Waals surface area (Å²) < 4.78 is 36.6. The van der Waals surface area contributed by atoms with Gasteiger partial charge < -0.3 is 9.67 Å². The Morgan fingerprint density at radius 3 is 2.54 bits per heavy atom. The molecule has 13 heavy (non-hydrogen) atoms. The Kier molecular flexibility index (Phi) is 2.66. The first-order chi connectivity index (χ1) is 5.88. The van der Waals surface area contributed by atoms with Crippen molar-refractivity contribution in [3.05, 3.63) is 24.0 Å². The van der Waals surface area contributed by atoms with E-state index in [0.717, 1.165) is 4.57 Å². The molecular formula is C8H10F3NO. The molecule has 0 saturated heterocycles. The molecule has 1 unspecified atom stereocenters. The zero-order valence-electron chi connectivity index (χ0n) is 7.04. The van der Waals surface area contributed by atoms with Crippen LogP contribution in [0.4, 0.5) is 13.2 Å². The van der Waals surface area contributed by atoms with Crippen LogP contribution in [0.1, 0.15) is 18.6 Å². The molecule has 0 radical (unpaired) electrons. The lowest BCUT2D eigenvalue weighted by molar-refractivity contribution is -0.140. The van der Waals surface area contributed by atoms with Crippen molar-refractivity contribution in [1.29, 1.82) is 0 Å². The Labute approximate surface area is 73.6 Å². The molecule has 0 saturated carbocycles. The standard InChI is InChI=1S/C8H10F3NO/c1-6(13)7-2-3-12(4-7)5-8(9,10)11/h2-4,6,13H,5H2,1H3.